The lowest BCUT2D eigenvalue weighted by atomic mass is 9.38. The number of carboxylic acids is 1. The highest BCUT2D eigenvalue weighted by atomic mass is 16.4. The maximum Gasteiger partial charge on any atom is 0.335 e. The molecule has 49 heavy (non-hydrogen) atoms. The van der Waals surface area contributed by atoms with E-state index in [9.17, 15) is 14.7 Å². The van der Waals surface area contributed by atoms with Gasteiger partial charge in [0.1, 0.15) is 0 Å². The number of carbonyl (C=O) groups is 2. The summed E-state index contributed by atoms with van der Waals surface area (Å²) in [4.78, 5) is 30.1. The van der Waals surface area contributed by atoms with Gasteiger partial charge in [0.2, 0.25) is 5.91 Å². The number of nitrogens with one attached hydrogen (secondary N) is 1. The molecule has 8 atom stereocenters. The zero-order chi connectivity index (χ0) is 35.2. The smallest absolute Gasteiger partial charge is 0.335 e. The largest absolute Gasteiger partial charge is 0.478 e. The number of fused-ring (bicyclic) bond motifs is 5. The first-order chi connectivity index (χ1) is 23.2. The first-order valence-corrected chi connectivity index (χ1v) is 19.2. The van der Waals surface area contributed by atoms with Gasteiger partial charge in [0.25, 0.3) is 0 Å². The Labute approximate surface area is 295 Å². The highest BCUT2D eigenvalue weighted by molar-refractivity contribution is 5.88. The van der Waals surface area contributed by atoms with Gasteiger partial charge in [-0.2, -0.15) is 0 Å². The molecule has 6 heteroatoms. The van der Waals surface area contributed by atoms with Gasteiger partial charge in [-0.1, -0.05) is 65.0 Å². The molecule has 4 aliphatic carbocycles. The Kier molecular flexibility index (Phi) is 9.85. The number of rotatable bonds is 8. The number of hydrogen-bond acceptors (Lipinski definition) is 3. The second-order valence-electron chi connectivity index (χ2n) is 17.5. The zero-order valence-corrected chi connectivity index (χ0v) is 31.1. The summed E-state index contributed by atoms with van der Waals surface area (Å²) >= 11 is 0. The molecule has 3 saturated carbocycles. The molecule has 0 unspecified atom stereocenters. The van der Waals surface area contributed by atoms with Crippen molar-refractivity contribution < 1.29 is 14.7 Å². The Morgan fingerprint density at radius 1 is 0.980 bits per heavy atom. The van der Waals surface area contributed by atoms with Gasteiger partial charge >= 0.3 is 5.97 Å². The second-order valence-corrected chi connectivity index (χ2v) is 17.5. The van der Waals surface area contributed by atoms with Crippen molar-refractivity contribution >= 4 is 17.4 Å². The molecule has 0 radical (unpaired) electrons. The van der Waals surface area contributed by atoms with Crippen molar-refractivity contribution in [2.45, 2.75) is 119 Å². The molecule has 1 amide bonds. The minimum absolute atomic E-state index is 0.0446. The van der Waals surface area contributed by atoms with Crippen LogP contribution in [-0.2, 0) is 11.3 Å². The lowest BCUT2D eigenvalue weighted by Gasteiger charge is -2.66. The van der Waals surface area contributed by atoms with Gasteiger partial charge in [-0.05, 0) is 147 Å². The van der Waals surface area contributed by atoms with E-state index in [4.69, 9.17) is 0 Å². The summed E-state index contributed by atoms with van der Waals surface area (Å²) in [6, 6.07) is 7.53. The Morgan fingerprint density at radius 3 is 2.41 bits per heavy atom. The molecule has 0 aliphatic heterocycles. The van der Waals surface area contributed by atoms with Crippen LogP contribution >= 0.6 is 0 Å². The molecule has 1 heterocycles. The molecule has 6 nitrogen and oxygen atoms in total. The van der Waals surface area contributed by atoms with E-state index in [1.165, 1.54) is 36.8 Å². The number of aryl methyl sites for hydroxylation is 1. The minimum atomic E-state index is -0.878. The van der Waals surface area contributed by atoms with Gasteiger partial charge in [0.15, 0.2) is 0 Å². The van der Waals surface area contributed by atoms with Gasteiger partial charge in [-0.3, -0.25) is 4.79 Å². The fraction of sp³-hybridized carbons (Fsp3) is 0.651. The van der Waals surface area contributed by atoms with Crippen molar-refractivity contribution in [3.8, 4) is 0 Å². The molecule has 1 aromatic carbocycles. The molecule has 0 spiro atoms. The Bertz CT molecular complexity index is 1560. The van der Waals surface area contributed by atoms with Crippen LogP contribution in [-0.4, -0.2) is 33.1 Å². The standard InChI is InChI=1S/C43H61N3O3/c1-29(2)34-19-21-43(39(49)45-24-9-26-46-27-25-44-28-46)23-22-42(7)36(37(34)43)17-16-33-10-8-11-35(31-12-14-32(15-13-31)38(47)48)40(4,5)30(3)18-20-41(33,42)6/h11-15,25,27-28,30,33-34,36-37H,1,8-10,16-24,26H2,2-7H3,(H,45,49)(H,47,48)/b35-11-/t30-,33-,34-,36+,37+,41+,42+,43-/m0/s1. The normalized spacial score (nSPS) is 36.7. The lowest BCUT2D eigenvalue weighted by Crippen LogP contribution is -2.61. The molecule has 3 fully saturated rings. The number of hydrogen-bond donors (Lipinski definition) is 2. The van der Waals surface area contributed by atoms with Crippen LogP contribution in [0, 0.1) is 51.2 Å². The third-order valence-electron chi connectivity index (χ3n) is 15.2. The van der Waals surface area contributed by atoms with Crippen LogP contribution in [0.3, 0.4) is 0 Å². The molecule has 6 rings (SSSR count). The number of carbonyl (C=O) groups excluding carboxylic acids is 1. The molecule has 2 N–H and O–H groups in total. The molecule has 4 aliphatic rings. The van der Waals surface area contributed by atoms with E-state index in [2.05, 4.69) is 69.1 Å². The topological polar surface area (TPSA) is 84.2 Å². The van der Waals surface area contributed by atoms with Crippen LogP contribution in [0.4, 0.5) is 0 Å². The van der Waals surface area contributed by atoms with Gasteiger partial charge in [-0.25, -0.2) is 9.78 Å². The quantitative estimate of drug-likeness (QED) is 0.217. The van der Waals surface area contributed by atoms with E-state index >= 15 is 0 Å². The number of benzene rings is 1. The van der Waals surface area contributed by atoms with Gasteiger partial charge < -0.3 is 15.0 Å². The van der Waals surface area contributed by atoms with Crippen LogP contribution in [0.15, 0.2) is 61.2 Å². The summed E-state index contributed by atoms with van der Waals surface area (Å²) in [6.07, 6.45) is 20.2. The van der Waals surface area contributed by atoms with Crippen molar-refractivity contribution in [3.63, 3.8) is 0 Å². The molecule has 0 bridgehead atoms. The van der Waals surface area contributed by atoms with Crippen molar-refractivity contribution in [2.75, 3.05) is 6.54 Å². The number of aromatic carboxylic acids is 1. The highest BCUT2D eigenvalue weighted by Gasteiger charge is 2.67. The van der Waals surface area contributed by atoms with Gasteiger partial charge in [-0.15, -0.1) is 0 Å². The Hall–Kier alpha value is -3.15. The van der Waals surface area contributed by atoms with Crippen LogP contribution in [0.2, 0.25) is 0 Å². The SMILES string of the molecule is C=C(C)[C@@H]1CC[C@]2(C(=O)NCCCn3ccnc3)CC[C@]3(C)[C@H](CC[C@@H]4CC/C=C(/c5ccc(C(=O)O)cc5)C(C)(C)[C@@H](C)CC[C@]43C)[C@@H]12. The molecule has 2 aromatic rings. The van der Waals surface area contributed by atoms with E-state index in [1.54, 1.807) is 12.1 Å². The van der Waals surface area contributed by atoms with Crippen LogP contribution in [0.5, 0.6) is 0 Å². The van der Waals surface area contributed by atoms with Crippen molar-refractivity contribution in [2.24, 2.45) is 51.2 Å². The number of aromatic nitrogens is 2. The average Bonchev–Trinajstić information content (AvgIpc) is 3.74. The third-order valence-corrected chi connectivity index (χ3v) is 15.2. The third kappa shape index (κ3) is 6.14. The zero-order valence-electron chi connectivity index (χ0n) is 31.1. The molecule has 0 saturated heterocycles. The predicted octanol–water partition coefficient (Wildman–Crippen LogP) is 9.83. The van der Waals surface area contributed by atoms with E-state index < -0.39 is 5.97 Å². The van der Waals surface area contributed by atoms with E-state index in [0.29, 0.717) is 47.6 Å². The number of nitrogens with zero attached hydrogens (tertiary/aromatic N) is 2. The van der Waals surface area contributed by atoms with E-state index in [-0.39, 0.29) is 21.7 Å². The van der Waals surface area contributed by atoms with E-state index in [1.807, 2.05) is 30.9 Å². The number of carboxylic acid groups (broad SMARTS) is 1. The summed E-state index contributed by atoms with van der Waals surface area (Å²) in [6.45, 7) is 20.8. The first kappa shape index (κ1) is 35.7. The lowest BCUT2D eigenvalue weighted by molar-refractivity contribution is -0.178. The Balaban J connectivity index is 1.26. The molecule has 266 valence electrons. The summed E-state index contributed by atoms with van der Waals surface area (Å²) in [7, 11) is 0. The van der Waals surface area contributed by atoms with Crippen LogP contribution in [0.25, 0.3) is 5.57 Å². The fourth-order valence-corrected chi connectivity index (χ4v) is 11.6. The van der Waals surface area contributed by atoms with Crippen molar-refractivity contribution in [1.29, 1.82) is 0 Å². The van der Waals surface area contributed by atoms with E-state index in [0.717, 1.165) is 57.1 Å². The number of imidazole rings is 1. The van der Waals surface area contributed by atoms with Crippen molar-refractivity contribution in [1.82, 2.24) is 14.9 Å². The van der Waals surface area contributed by atoms with Gasteiger partial charge in [0.05, 0.1) is 17.3 Å². The number of amides is 1. The summed E-state index contributed by atoms with van der Waals surface area (Å²) < 4.78 is 2.08. The fourth-order valence-electron chi connectivity index (χ4n) is 11.6. The summed E-state index contributed by atoms with van der Waals surface area (Å²) in [5, 5.41) is 12.9. The van der Waals surface area contributed by atoms with Gasteiger partial charge in [0, 0.05) is 25.5 Å². The second kappa shape index (κ2) is 13.5. The molecular formula is C43H61N3O3. The average molecular weight is 668 g/mol. The molecular weight excluding hydrogens is 606 g/mol. The van der Waals surface area contributed by atoms with Crippen LogP contribution in [0.1, 0.15) is 128 Å². The first-order valence-electron chi connectivity index (χ1n) is 19.2. The predicted molar refractivity (Wildman–Crippen MR) is 198 cm³/mol. The molecule has 1 aromatic heterocycles. The minimum Gasteiger partial charge on any atom is -0.478 e. The van der Waals surface area contributed by atoms with Crippen molar-refractivity contribution in [3.05, 3.63) is 72.3 Å². The summed E-state index contributed by atoms with van der Waals surface area (Å²) in [5.74, 6) is 1.82. The highest BCUT2D eigenvalue weighted by Crippen LogP contribution is 2.72. The maximum absolute atomic E-state index is 14.4. The van der Waals surface area contributed by atoms with Crippen LogP contribution < -0.4 is 5.32 Å². The Morgan fingerprint density at radius 2 is 1.73 bits per heavy atom. The number of allylic oxidation sites excluding steroid dienone is 3. The summed E-state index contributed by atoms with van der Waals surface area (Å²) in [5.41, 5.74) is 4.16. The maximum atomic E-state index is 14.4. The monoisotopic (exact) mass is 667 g/mol.